The quantitative estimate of drug-likeness (QED) is 0.884. The number of anilines is 1. The number of hydrogen-bond acceptors (Lipinski definition) is 3. The number of benzene rings is 2. The lowest BCUT2D eigenvalue weighted by Crippen LogP contribution is -2.12. The van der Waals surface area contributed by atoms with Crippen LogP contribution in [0.3, 0.4) is 0 Å². The minimum Gasteiger partial charge on any atom is -0.497 e. The Morgan fingerprint density at radius 1 is 1.21 bits per heavy atom. The molecule has 2 aromatic carbocycles. The van der Waals surface area contributed by atoms with Crippen LogP contribution in [0.1, 0.15) is 11.7 Å². The molecule has 0 aliphatic heterocycles. The number of methoxy groups -OCH3 is 1. The van der Waals surface area contributed by atoms with E-state index in [0.29, 0.717) is 6.54 Å². The molecule has 2 rings (SSSR count). The van der Waals surface area contributed by atoms with E-state index in [2.05, 4.69) is 21.2 Å². The van der Waals surface area contributed by atoms with E-state index in [1.165, 1.54) is 0 Å². The third-order valence-electron chi connectivity index (χ3n) is 2.80. The number of rotatable bonds is 5. The van der Waals surface area contributed by atoms with Gasteiger partial charge in [0.1, 0.15) is 5.75 Å². The Hall–Kier alpha value is -1.52. The summed E-state index contributed by atoms with van der Waals surface area (Å²) >= 11 is 3.40. The average molecular weight is 322 g/mol. The Morgan fingerprint density at radius 2 is 2.00 bits per heavy atom. The van der Waals surface area contributed by atoms with Crippen LogP contribution in [-0.2, 0) is 0 Å². The van der Waals surface area contributed by atoms with E-state index in [-0.39, 0.29) is 0 Å². The lowest BCUT2D eigenvalue weighted by Gasteiger charge is -2.14. The molecule has 0 amide bonds. The van der Waals surface area contributed by atoms with Crippen LogP contribution in [0.2, 0.25) is 0 Å². The van der Waals surface area contributed by atoms with E-state index in [1.807, 2.05) is 48.5 Å². The highest BCUT2D eigenvalue weighted by molar-refractivity contribution is 9.10. The zero-order valence-electron chi connectivity index (χ0n) is 10.6. The molecule has 2 aromatic rings. The fraction of sp³-hybridized carbons (Fsp3) is 0.200. The predicted octanol–water partition coefficient (Wildman–Crippen LogP) is 3.60. The standard InChI is InChI=1S/C15H16BrNO2/c1-19-14-7-3-6-13(9-14)17-10-15(18)11-4-2-5-12(16)8-11/h2-9,15,17-18H,10H2,1H3. The third kappa shape index (κ3) is 3.98. The van der Waals surface area contributed by atoms with Crippen LogP contribution in [0.5, 0.6) is 5.75 Å². The molecule has 0 aliphatic rings. The zero-order chi connectivity index (χ0) is 13.7. The number of aliphatic hydroxyl groups excluding tert-OH is 1. The topological polar surface area (TPSA) is 41.5 Å². The first-order valence-electron chi connectivity index (χ1n) is 6.00. The van der Waals surface area contributed by atoms with Crippen LogP contribution < -0.4 is 10.1 Å². The van der Waals surface area contributed by atoms with Crippen molar-refractivity contribution in [2.75, 3.05) is 19.0 Å². The number of aliphatic hydroxyl groups is 1. The van der Waals surface area contributed by atoms with Gasteiger partial charge in [0, 0.05) is 22.8 Å². The molecule has 4 heteroatoms. The summed E-state index contributed by atoms with van der Waals surface area (Å²) in [6, 6.07) is 15.3. The van der Waals surface area contributed by atoms with Crippen LogP contribution in [0.4, 0.5) is 5.69 Å². The molecule has 19 heavy (non-hydrogen) atoms. The lowest BCUT2D eigenvalue weighted by molar-refractivity contribution is 0.191. The van der Waals surface area contributed by atoms with Crippen molar-refractivity contribution in [2.24, 2.45) is 0 Å². The summed E-state index contributed by atoms with van der Waals surface area (Å²) in [4.78, 5) is 0. The van der Waals surface area contributed by atoms with Gasteiger partial charge in [0.15, 0.2) is 0 Å². The molecule has 0 spiro atoms. The Balaban J connectivity index is 1.98. The second kappa shape index (κ2) is 6.59. The molecule has 0 fully saturated rings. The van der Waals surface area contributed by atoms with Crippen LogP contribution in [-0.4, -0.2) is 18.8 Å². The van der Waals surface area contributed by atoms with Crippen LogP contribution >= 0.6 is 15.9 Å². The first kappa shape index (κ1) is 13.9. The molecular weight excluding hydrogens is 306 g/mol. The smallest absolute Gasteiger partial charge is 0.120 e. The van der Waals surface area contributed by atoms with Crippen molar-refractivity contribution in [3.8, 4) is 5.75 Å². The SMILES string of the molecule is COc1cccc(NCC(O)c2cccc(Br)c2)c1. The molecule has 0 aliphatic carbocycles. The highest BCUT2D eigenvalue weighted by Crippen LogP contribution is 2.20. The highest BCUT2D eigenvalue weighted by Gasteiger charge is 2.07. The first-order valence-corrected chi connectivity index (χ1v) is 6.80. The van der Waals surface area contributed by atoms with Gasteiger partial charge in [-0.2, -0.15) is 0 Å². The van der Waals surface area contributed by atoms with Crippen molar-refractivity contribution in [1.29, 1.82) is 0 Å². The fourth-order valence-corrected chi connectivity index (χ4v) is 2.20. The van der Waals surface area contributed by atoms with Crippen molar-refractivity contribution >= 4 is 21.6 Å². The van der Waals surface area contributed by atoms with Crippen LogP contribution in [0, 0.1) is 0 Å². The molecule has 0 bridgehead atoms. The zero-order valence-corrected chi connectivity index (χ0v) is 12.2. The maximum Gasteiger partial charge on any atom is 0.120 e. The second-order valence-corrected chi connectivity index (χ2v) is 5.10. The van der Waals surface area contributed by atoms with E-state index >= 15 is 0 Å². The Morgan fingerprint density at radius 3 is 2.74 bits per heavy atom. The van der Waals surface area contributed by atoms with Crippen molar-refractivity contribution in [3.05, 3.63) is 58.6 Å². The summed E-state index contributed by atoms with van der Waals surface area (Å²) in [5, 5.41) is 13.3. The number of nitrogens with one attached hydrogen (secondary N) is 1. The van der Waals surface area contributed by atoms with Crippen molar-refractivity contribution in [1.82, 2.24) is 0 Å². The Kier molecular flexibility index (Phi) is 4.82. The summed E-state index contributed by atoms with van der Waals surface area (Å²) < 4.78 is 6.12. The molecule has 3 nitrogen and oxygen atoms in total. The molecule has 1 atom stereocenters. The van der Waals surface area contributed by atoms with Gasteiger partial charge in [-0.15, -0.1) is 0 Å². The monoisotopic (exact) mass is 321 g/mol. The largest absolute Gasteiger partial charge is 0.497 e. The van der Waals surface area contributed by atoms with E-state index in [4.69, 9.17) is 4.74 Å². The minimum atomic E-state index is -0.552. The summed E-state index contributed by atoms with van der Waals surface area (Å²) in [6.07, 6.45) is -0.552. The molecular formula is C15H16BrNO2. The van der Waals surface area contributed by atoms with Crippen LogP contribution in [0.25, 0.3) is 0 Å². The molecule has 0 saturated carbocycles. The van der Waals surface area contributed by atoms with Crippen molar-refractivity contribution < 1.29 is 9.84 Å². The van der Waals surface area contributed by atoms with E-state index < -0.39 is 6.10 Å². The van der Waals surface area contributed by atoms with Gasteiger partial charge in [-0.25, -0.2) is 0 Å². The highest BCUT2D eigenvalue weighted by atomic mass is 79.9. The number of ether oxygens (including phenoxy) is 1. The van der Waals surface area contributed by atoms with Gasteiger partial charge in [0.2, 0.25) is 0 Å². The predicted molar refractivity (Wildman–Crippen MR) is 80.6 cm³/mol. The van der Waals surface area contributed by atoms with Gasteiger partial charge in [0.25, 0.3) is 0 Å². The first-order chi connectivity index (χ1) is 9.19. The van der Waals surface area contributed by atoms with Gasteiger partial charge in [0.05, 0.1) is 13.2 Å². The molecule has 2 N–H and O–H groups in total. The summed E-state index contributed by atoms with van der Waals surface area (Å²) in [5.74, 6) is 0.793. The maximum atomic E-state index is 10.1. The van der Waals surface area contributed by atoms with E-state index in [9.17, 15) is 5.11 Å². The summed E-state index contributed by atoms with van der Waals surface area (Å²) in [7, 11) is 1.63. The summed E-state index contributed by atoms with van der Waals surface area (Å²) in [6.45, 7) is 0.448. The second-order valence-electron chi connectivity index (χ2n) is 4.18. The molecule has 0 saturated heterocycles. The number of hydrogen-bond donors (Lipinski definition) is 2. The van der Waals surface area contributed by atoms with Crippen molar-refractivity contribution in [2.45, 2.75) is 6.10 Å². The molecule has 0 radical (unpaired) electrons. The van der Waals surface area contributed by atoms with Crippen molar-refractivity contribution in [3.63, 3.8) is 0 Å². The van der Waals surface area contributed by atoms with Gasteiger partial charge in [-0.3, -0.25) is 0 Å². The number of halogens is 1. The lowest BCUT2D eigenvalue weighted by atomic mass is 10.1. The minimum absolute atomic E-state index is 0.448. The molecule has 1 unspecified atom stereocenters. The summed E-state index contributed by atoms with van der Waals surface area (Å²) in [5.41, 5.74) is 1.80. The normalized spacial score (nSPS) is 11.9. The third-order valence-corrected chi connectivity index (χ3v) is 3.30. The van der Waals surface area contributed by atoms with Gasteiger partial charge >= 0.3 is 0 Å². The van der Waals surface area contributed by atoms with E-state index in [1.54, 1.807) is 7.11 Å². The Labute approximate surface area is 121 Å². The van der Waals surface area contributed by atoms with E-state index in [0.717, 1.165) is 21.5 Å². The maximum absolute atomic E-state index is 10.1. The molecule has 100 valence electrons. The van der Waals surface area contributed by atoms with Crippen LogP contribution in [0.15, 0.2) is 53.0 Å². The fourth-order valence-electron chi connectivity index (χ4n) is 1.78. The van der Waals surface area contributed by atoms with Gasteiger partial charge < -0.3 is 15.2 Å². The Bertz CT molecular complexity index is 545. The average Bonchev–Trinajstić information content (AvgIpc) is 2.45. The van der Waals surface area contributed by atoms with Gasteiger partial charge in [-0.05, 0) is 29.8 Å². The molecule has 0 heterocycles. The molecule has 0 aromatic heterocycles. The van der Waals surface area contributed by atoms with Gasteiger partial charge in [-0.1, -0.05) is 34.1 Å².